The topological polar surface area (TPSA) is 65.2 Å². The molecule has 26 heavy (non-hydrogen) atoms. The summed E-state index contributed by atoms with van der Waals surface area (Å²) in [7, 11) is 0. The van der Waals surface area contributed by atoms with Gasteiger partial charge < -0.3 is 21.3 Å². The Morgan fingerprint density at radius 2 is 1.88 bits per heavy atom. The van der Waals surface area contributed by atoms with Crippen LogP contribution in [-0.2, 0) is 6.42 Å². The van der Waals surface area contributed by atoms with Crippen molar-refractivity contribution in [3.63, 3.8) is 0 Å². The summed E-state index contributed by atoms with van der Waals surface area (Å²) in [5.41, 5.74) is 0.938. The summed E-state index contributed by atoms with van der Waals surface area (Å²) in [5, 5.41) is 10.3. The fourth-order valence-electron chi connectivity index (χ4n) is 2.63. The average molecular weight is 370 g/mol. The van der Waals surface area contributed by atoms with Gasteiger partial charge >= 0.3 is 12.2 Å². The molecule has 1 saturated heterocycles. The number of benzene rings is 1. The monoisotopic (exact) mass is 370 g/mol. The number of rotatable bonds is 4. The van der Waals surface area contributed by atoms with Crippen molar-refractivity contribution in [2.24, 2.45) is 0 Å². The van der Waals surface area contributed by atoms with Gasteiger partial charge in [0.25, 0.3) is 0 Å². The van der Waals surface area contributed by atoms with E-state index in [9.17, 15) is 22.4 Å². The summed E-state index contributed by atoms with van der Waals surface area (Å²) < 4.78 is 50.7. The number of alkyl halides is 4. The highest BCUT2D eigenvalue weighted by Crippen LogP contribution is 2.25. The van der Waals surface area contributed by atoms with Gasteiger partial charge in [-0.3, -0.25) is 0 Å². The Hall–Kier alpha value is -2.55. The zero-order valence-electron chi connectivity index (χ0n) is 13.7. The van der Waals surface area contributed by atoms with Crippen LogP contribution in [0.25, 0.3) is 0 Å². The van der Waals surface area contributed by atoms with Crippen LogP contribution in [0.1, 0.15) is 5.56 Å². The number of hydrogen-bond donors (Lipinski definition) is 4. The zero-order chi connectivity index (χ0) is 18.7. The summed E-state index contributed by atoms with van der Waals surface area (Å²) in [5.74, 6) is 0. The van der Waals surface area contributed by atoms with Gasteiger partial charge in [0, 0.05) is 24.0 Å². The Morgan fingerprint density at radius 3 is 2.38 bits per heavy atom. The van der Waals surface area contributed by atoms with Crippen molar-refractivity contribution in [3.05, 3.63) is 53.4 Å². The second kappa shape index (κ2) is 7.36. The van der Waals surface area contributed by atoms with Crippen LogP contribution in [0, 0.1) is 0 Å². The SMILES string of the molecule is O=C(NC1=CC=C(C(F)(F)F)NC1)Nc1ccc(C[C@H]2NC[C@H]2F)cc1. The molecule has 0 bridgehead atoms. The number of dihydropyridines is 1. The van der Waals surface area contributed by atoms with Crippen LogP contribution in [0.4, 0.5) is 28.0 Å². The van der Waals surface area contributed by atoms with Gasteiger partial charge in [-0.1, -0.05) is 12.1 Å². The number of urea groups is 1. The third-order valence-electron chi connectivity index (χ3n) is 4.18. The molecule has 2 heterocycles. The van der Waals surface area contributed by atoms with E-state index in [1.807, 2.05) is 0 Å². The molecule has 1 fully saturated rings. The molecule has 0 unspecified atom stereocenters. The highest BCUT2D eigenvalue weighted by atomic mass is 19.4. The van der Waals surface area contributed by atoms with Gasteiger partial charge in [0.2, 0.25) is 0 Å². The van der Waals surface area contributed by atoms with Crippen molar-refractivity contribution in [1.82, 2.24) is 16.0 Å². The van der Waals surface area contributed by atoms with Crippen LogP contribution >= 0.6 is 0 Å². The first kappa shape index (κ1) is 18.2. The molecule has 0 aliphatic carbocycles. The summed E-state index contributed by atoms with van der Waals surface area (Å²) in [6, 6.07) is 6.24. The van der Waals surface area contributed by atoms with Gasteiger partial charge in [-0.15, -0.1) is 0 Å². The van der Waals surface area contributed by atoms with Crippen molar-refractivity contribution in [1.29, 1.82) is 0 Å². The molecular formula is C17H18F4N4O. The predicted octanol–water partition coefficient (Wildman–Crippen LogP) is 2.59. The lowest BCUT2D eigenvalue weighted by atomic mass is 9.96. The molecular weight excluding hydrogens is 352 g/mol. The Labute approximate surface area is 147 Å². The maximum absolute atomic E-state index is 13.2. The Morgan fingerprint density at radius 1 is 1.15 bits per heavy atom. The normalized spacial score (nSPS) is 22.5. The third kappa shape index (κ3) is 4.54. The van der Waals surface area contributed by atoms with Gasteiger partial charge in [-0.2, -0.15) is 13.2 Å². The molecule has 0 radical (unpaired) electrons. The fourth-order valence-corrected chi connectivity index (χ4v) is 2.63. The lowest BCUT2D eigenvalue weighted by molar-refractivity contribution is -0.0966. The Kier molecular flexibility index (Phi) is 5.17. The molecule has 3 rings (SSSR count). The zero-order valence-corrected chi connectivity index (χ0v) is 13.7. The van der Waals surface area contributed by atoms with Gasteiger partial charge in [0.15, 0.2) is 0 Å². The van der Waals surface area contributed by atoms with Crippen LogP contribution < -0.4 is 21.3 Å². The molecule has 0 aromatic heterocycles. The molecule has 5 nitrogen and oxygen atoms in total. The average Bonchev–Trinajstić information content (AvgIpc) is 2.59. The minimum atomic E-state index is -4.44. The molecule has 2 aliphatic heterocycles. The largest absolute Gasteiger partial charge is 0.430 e. The number of halogens is 4. The molecule has 1 aromatic carbocycles. The predicted molar refractivity (Wildman–Crippen MR) is 89.2 cm³/mol. The number of carbonyl (C=O) groups is 1. The van der Waals surface area contributed by atoms with Crippen molar-refractivity contribution >= 4 is 11.7 Å². The first-order valence-electron chi connectivity index (χ1n) is 8.07. The summed E-state index contributed by atoms with van der Waals surface area (Å²) in [4.78, 5) is 11.9. The van der Waals surface area contributed by atoms with E-state index in [0.717, 1.165) is 11.6 Å². The molecule has 2 amide bonds. The molecule has 2 aliphatic rings. The minimum absolute atomic E-state index is 0.128. The lowest BCUT2D eigenvalue weighted by Gasteiger charge is -2.32. The quantitative estimate of drug-likeness (QED) is 0.616. The van der Waals surface area contributed by atoms with Gasteiger partial charge in [0.05, 0.1) is 6.54 Å². The maximum atomic E-state index is 13.2. The minimum Gasteiger partial charge on any atom is -0.375 e. The van der Waals surface area contributed by atoms with E-state index < -0.39 is 24.1 Å². The number of allylic oxidation sites excluding steroid dienone is 3. The van der Waals surface area contributed by atoms with Crippen LogP contribution in [0.2, 0.25) is 0 Å². The van der Waals surface area contributed by atoms with E-state index in [0.29, 0.717) is 24.4 Å². The number of anilines is 1. The maximum Gasteiger partial charge on any atom is 0.430 e. The van der Waals surface area contributed by atoms with Crippen LogP contribution in [0.3, 0.4) is 0 Å². The summed E-state index contributed by atoms with van der Waals surface area (Å²) in [6.45, 7) is 0.255. The van der Waals surface area contributed by atoms with Crippen molar-refractivity contribution in [3.8, 4) is 0 Å². The second-order valence-corrected chi connectivity index (χ2v) is 6.13. The van der Waals surface area contributed by atoms with E-state index in [4.69, 9.17) is 0 Å². The summed E-state index contributed by atoms with van der Waals surface area (Å²) in [6.07, 6.45) is -2.62. The highest BCUT2D eigenvalue weighted by Gasteiger charge is 2.34. The molecule has 4 N–H and O–H groups in total. The Bertz CT molecular complexity index is 727. The van der Waals surface area contributed by atoms with Crippen molar-refractivity contribution < 1.29 is 22.4 Å². The van der Waals surface area contributed by atoms with Crippen LogP contribution in [0.15, 0.2) is 47.8 Å². The van der Waals surface area contributed by atoms with Crippen LogP contribution in [0.5, 0.6) is 0 Å². The summed E-state index contributed by atoms with van der Waals surface area (Å²) >= 11 is 0. The standard InChI is InChI=1S/C17H18F4N4O/c18-13-9-22-14(13)7-10-1-3-11(4-2-10)24-16(26)25-12-5-6-15(23-8-12)17(19,20)21/h1-6,13-14,22-23H,7-9H2,(H2,24,25,26)/t13-,14-/m1/s1. The van der Waals surface area contributed by atoms with Gasteiger partial charge in [0.1, 0.15) is 11.9 Å². The number of amides is 2. The van der Waals surface area contributed by atoms with E-state index >= 15 is 0 Å². The van der Waals surface area contributed by atoms with Crippen molar-refractivity contribution in [2.75, 3.05) is 18.4 Å². The molecule has 1 aromatic rings. The van der Waals surface area contributed by atoms with Gasteiger partial charge in [-0.25, -0.2) is 9.18 Å². The number of hydrogen-bond acceptors (Lipinski definition) is 3. The number of nitrogens with one attached hydrogen (secondary N) is 4. The molecule has 9 heteroatoms. The number of carbonyl (C=O) groups excluding carboxylic acids is 1. The van der Waals surface area contributed by atoms with Gasteiger partial charge in [-0.05, 0) is 36.3 Å². The van der Waals surface area contributed by atoms with Crippen LogP contribution in [-0.4, -0.2) is 37.5 Å². The van der Waals surface area contributed by atoms with E-state index in [-0.39, 0.29) is 12.6 Å². The molecule has 140 valence electrons. The Balaban J connectivity index is 1.50. The molecule has 0 saturated carbocycles. The lowest BCUT2D eigenvalue weighted by Crippen LogP contribution is -2.55. The first-order valence-corrected chi connectivity index (χ1v) is 8.07. The fraction of sp³-hybridized carbons (Fsp3) is 0.353. The first-order chi connectivity index (χ1) is 12.3. The van der Waals surface area contributed by atoms with E-state index in [2.05, 4.69) is 21.3 Å². The molecule has 0 spiro atoms. The molecule has 2 atom stereocenters. The van der Waals surface area contributed by atoms with Crippen molar-refractivity contribution in [2.45, 2.75) is 24.8 Å². The second-order valence-electron chi connectivity index (χ2n) is 6.13. The smallest absolute Gasteiger partial charge is 0.375 e. The van der Waals surface area contributed by atoms with E-state index in [1.54, 1.807) is 24.3 Å². The third-order valence-corrected chi connectivity index (χ3v) is 4.18. The highest BCUT2D eigenvalue weighted by molar-refractivity contribution is 5.90. The van der Waals surface area contributed by atoms with E-state index in [1.165, 1.54) is 6.08 Å².